The van der Waals surface area contributed by atoms with Gasteiger partial charge < -0.3 is 10.1 Å². The number of nitrogens with one attached hydrogen (secondary N) is 1. The second kappa shape index (κ2) is 6.27. The van der Waals surface area contributed by atoms with Gasteiger partial charge in [0.15, 0.2) is 0 Å². The second-order valence-corrected chi connectivity index (χ2v) is 6.18. The maximum absolute atomic E-state index is 6.10. The Morgan fingerprint density at radius 1 is 1.00 bits per heavy atom. The minimum absolute atomic E-state index is 0.0520. The van der Waals surface area contributed by atoms with Crippen LogP contribution in [0.25, 0.3) is 0 Å². The Kier molecular flexibility index (Phi) is 4.39. The van der Waals surface area contributed by atoms with Gasteiger partial charge in [0.05, 0.1) is 12.1 Å². The molecule has 0 saturated heterocycles. The van der Waals surface area contributed by atoms with Gasteiger partial charge in [0.25, 0.3) is 0 Å². The Morgan fingerprint density at radius 2 is 1.62 bits per heavy atom. The molecule has 2 nitrogen and oxygen atoms in total. The highest BCUT2D eigenvalue weighted by molar-refractivity contribution is 6.34. The van der Waals surface area contributed by atoms with Crippen LogP contribution in [0, 0.1) is 0 Å². The fraction of sp³-hybridized carbons (Fsp3) is 0.294. The lowest BCUT2D eigenvalue weighted by Gasteiger charge is -2.18. The third-order valence-corrected chi connectivity index (χ3v) is 3.98. The Balaban J connectivity index is 1.84. The summed E-state index contributed by atoms with van der Waals surface area (Å²) in [6, 6.07) is 13.9. The summed E-state index contributed by atoms with van der Waals surface area (Å²) in [4.78, 5) is 0. The van der Waals surface area contributed by atoms with Crippen LogP contribution in [0.15, 0.2) is 42.5 Å². The van der Waals surface area contributed by atoms with Crippen molar-refractivity contribution < 1.29 is 4.74 Å². The number of halogens is 2. The fourth-order valence-electron chi connectivity index (χ4n) is 2.38. The summed E-state index contributed by atoms with van der Waals surface area (Å²) in [6.45, 7) is 0. The molecule has 0 aromatic heterocycles. The van der Waals surface area contributed by atoms with Crippen LogP contribution in [0.4, 0.5) is 0 Å². The van der Waals surface area contributed by atoms with Crippen LogP contribution in [-0.4, -0.2) is 13.2 Å². The highest BCUT2D eigenvalue weighted by Crippen LogP contribution is 2.30. The van der Waals surface area contributed by atoms with E-state index in [1.165, 1.54) is 12.8 Å². The highest BCUT2D eigenvalue weighted by Gasteiger charge is 2.23. The van der Waals surface area contributed by atoms with Gasteiger partial charge in [0.1, 0.15) is 5.75 Å². The zero-order chi connectivity index (χ0) is 14.8. The number of benzene rings is 2. The first-order chi connectivity index (χ1) is 10.2. The summed E-state index contributed by atoms with van der Waals surface area (Å²) in [7, 11) is 1.92. The largest absolute Gasteiger partial charge is 0.490 e. The van der Waals surface area contributed by atoms with Gasteiger partial charge in [-0.2, -0.15) is 0 Å². The van der Waals surface area contributed by atoms with Crippen LogP contribution >= 0.6 is 23.2 Å². The minimum atomic E-state index is 0.0520. The van der Waals surface area contributed by atoms with Crippen molar-refractivity contribution in [2.45, 2.75) is 25.0 Å². The van der Waals surface area contributed by atoms with Crippen molar-refractivity contribution >= 4 is 23.2 Å². The van der Waals surface area contributed by atoms with Crippen LogP contribution in [0.5, 0.6) is 5.75 Å². The molecule has 2 aromatic carbocycles. The van der Waals surface area contributed by atoms with E-state index in [0.29, 0.717) is 16.1 Å². The van der Waals surface area contributed by atoms with Gasteiger partial charge in [0, 0.05) is 10.0 Å². The molecule has 2 aromatic rings. The van der Waals surface area contributed by atoms with E-state index in [4.69, 9.17) is 27.9 Å². The lowest BCUT2D eigenvalue weighted by Crippen LogP contribution is -2.17. The minimum Gasteiger partial charge on any atom is -0.490 e. The van der Waals surface area contributed by atoms with E-state index in [-0.39, 0.29) is 6.04 Å². The molecular weight excluding hydrogens is 305 g/mol. The molecule has 110 valence electrons. The van der Waals surface area contributed by atoms with E-state index in [2.05, 4.69) is 17.4 Å². The molecule has 1 N–H and O–H groups in total. The van der Waals surface area contributed by atoms with E-state index >= 15 is 0 Å². The van der Waals surface area contributed by atoms with Crippen molar-refractivity contribution in [3.63, 3.8) is 0 Å². The Morgan fingerprint density at radius 3 is 2.14 bits per heavy atom. The summed E-state index contributed by atoms with van der Waals surface area (Å²) >= 11 is 12.2. The molecule has 1 aliphatic carbocycles. The molecule has 0 heterocycles. The smallest absolute Gasteiger partial charge is 0.119 e. The molecule has 1 atom stereocenters. The summed E-state index contributed by atoms with van der Waals surface area (Å²) in [6.07, 6.45) is 2.76. The molecule has 0 amide bonds. The van der Waals surface area contributed by atoms with Gasteiger partial charge >= 0.3 is 0 Å². The predicted molar refractivity (Wildman–Crippen MR) is 87.5 cm³/mol. The number of hydrogen-bond acceptors (Lipinski definition) is 2. The molecule has 21 heavy (non-hydrogen) atoms. The molecule has 0 radical (unpaired) electrons. The first-order valence-corrected chi connectivity index (χ1v) is 7.81. The summed E-state index contributed by atoms with van der Waals surface area (Å²) in [5.74, 6) is 0.931. The van der Waals surface area contributed by atoms with Gasteiger partial charge in [-0.3, -0.25) is 0 Å². The van der Waals surface area contributed by atoms with Crippen molar-refractivity contribution in [1.29, 1.82) is 0 Å². The highest BCUT2D eigenvalue weighted by atomic mass is 35.5. The van der Waals surface area contributed by atoms with E-state index < -0.39 is 0 Å². The van der Waals surface area contributed by atoms with Crippen LogP contribution in [0.1, 0.15) is 30.0 Å². The molecule has 1 unspecified atom stereocenters. The molecule has 0 spiro atoms. The third-order valence-electron chi connectivity index (χ3n) is 3.55. The SMILES string of the molecule is CNC(c1ccc(OC2CC2)cc1)c1cc(Cl)cc(Cl)c1. The molecular formula is C17H17Cl2NO. The van der Waals surface area contributed by atoms with Crippen LogP contribution < -0.4 is 10.1 Å². The molecule has 1 aliphatic rings. The Bertz CT molecular complexity index is 603. The van der Waals surface area contributed by atoms with E-state index in [1.807, 2.05) is 31.3 Å². The first-order valence-electron chi connectivity index (χ1n) is 7.05. The standard InChI is InChI=1S/C17H17Cl2NO/c1-20-17(12-8-13(18)10-14(19)9-12)11-2-4-15(5-3-11)21-16-6-7-16/h2-5,8-10,16-17,20H,6-7H2,1H3. The quantitative estimate of drug-likeness (QED) is 0.850. The lowest BCUT2D eigenvalue weighted by molar-refractivity contribution is 0.303. The van der Waals surface area contributed by atoms with E-state index in [1.54, 1.807) is 6.07 Å². The van der Waals surface area contributed by atoms with Gasteiger partial charge in [-0.25, -0.2) is 0 Å². The zero-order valence-electron chi connectivity index (χ0n) is 11.8. The van der Waals surface area contributed by atoms with Crippen molar-refractivity contribution in [3.05, 3.63) is 63.6 Å². The van der Waals surface area contributed by atoms with Gasteiger partial charge in [0.2, 0.25) is 0 Å². The van der Waals surface area contributed by atoms with Crippen molar-refractivity contribution in [2.24, 2.45) is 0 Å². The molecule has 1 fully saturated rings. The molecule has 4 heteroatoms. The lowest BCUT2D eigenvalue weighted by atomic mass is 9.99. The summed E-state index contributed by atoms with van der Waals surface area (Å²) < 4.78 is 5.77. The maximum atomic E-state index is 6.10. The van der Waals surface area contributed by atoms with Crippen molar-refractivity contribution in [2.75, 3.05) is 7.05 Å². The normalized spacial score (nSPS) is 15.8. The van der Waals surface area contributed by atoms with Crippen LogP contribution in [0.3, 0.4) is 0 Å². The molecule has 0 bridgehead atoms. The van der Waals surface area contributed by atoms with Crippen molar-refractivity contribution in [3.8, 4) is 5.75 Å². The van der Waals surface area contributed by atoms with Crippen LogP contribution in [-0.2, 0) is 0 Å². The zero-order valence-corrected chi connectivity index (χ0v) is 13.3. The third kappa shape index (κ3) is 3.70. The second-order valence-electron chi connectivity index (χ2n) is 5.31. The summed E-state index contributed by atoms with van der Waals surface area (Å²) in [5.41, 5.74) is 2.20. The molecule has 3 rings (SSSR count). The molecule has 0 aliphatic heterocycles. The van der Waals surface area contributed by atoms with Gasteiger partial charge in [-0.05, 0) is 61.3 Å². The average molecular weight is 322 g/mol. The van der Waals surface area contributed by atoms with Crippen molar-refractivity contribution in [1.82, 2.24) is 5.32 Å². The van der Waals surface area contributed by atoms with Gasteiger partial charge in [-0.15, -0.1) is 0 Å². The van der Waals surface area contributed by atoms with E-state index in [0.717, 1.165) is 16.9 Å². The molecule has 1 saturated carbocycles. The monoisotopic (exact) mass is 321 g/mol. The average Bonchev–Trinajstić information content (AvgIpc) is 3.24. The first kappa shape index (κ1) is 14.7. The number of ether oxygens (including phenoxy) is 1. The summed E-state index contributed by atoms with van der Waals surface area (Å²) in [5, 5.41) is 4.59. The Labute approximate surface area is 135 Å². The van der Waals surface area contributed by atoms with Crippen LogP contribution in [0.2, 0.25) is 10.0 Å². The fourth-order valence-corrected chi connectivity index (χ4v) is 2.93. The van der Waals surface area contributed by atoms with Gasteiger partial charge in [-0.1, -0.05) is 35.3 Å². The maximum Gasteiger partial charge on any atom is 0.119 e. The Hall–Kier alpha value is -1.22. The predicted octanol–water partition coefficient (Wildman–Crippen LogP) is 4.84. The van der Waals surface area contributed by atoms with E-state index in [9.17, 15) is 0 Å². The number of rotatable bonds is 5. The number of hydrogen-bond donors (Lipinski definition) is 1. The topological polar surface area (TPSA) is 21.3 Å².